The van der Waals surface area contributed by atoms with Crippen LogP contribution < -0.4 is 4.90 Å². The Morgan fingerprint density at radius 2 is 1.81 bits per heavy atom. The Morgan fingerprint density at radius 3 is 2.48 bits per heavy atom. The van der Waals surface area contributed by atoms with Crippen molar-refractivity contribution in [2.24, 2.45) is 10.4 Å². The molecule has 2 aliphatic rings. The summed E-state index contributed by atoms with van der Waals surface area (Å²) in [7, 11) is 2.16. The molecule has 0 spiro atoms. The number of aliphatic imine (C=N–C) groups is 1. The van der Waals surface area contributed by atoms with Gasteiger partial charge >= 0.3 is 0 Å². The molecule has 0 unspecified atom stereocenters. The average molecular weight is 303 g/mol. The molecule has 2 saturated heterocycles. The van der Waals surface area contributed by atoms with E-state index in [0.29, 0.717) is 0 Å². The van der Waals surface area contributed by atoms with Gasteiger partial charge in [0, 0.05) is 43.6 Å². The molecule has 0 aromatic heterocycles. The molecule has 4 heteroatoms. The number of para-hydroxylation sites is 2. The second-order valence-electron chi connectivity index (χ2n) is 6.58. The molecule has 1 aromatic carbocycles. The summed E-state index contributed by atoms with van der Waals surface area (Å²) in [4.78, 5) is 9.85. The Hall–Kier alpha value is -1.16. The predicted molar refractivity (Wildman–Crippen MR) is 94.1 cm³/mol. The zero-order valence-corrected chi connectivity index (χ0v) is 14.1. The Bertz CT molecular complexity index is 533. The van der Waals surface area contributed by atoms with E-state index in [1.807, 2.05) is 11.8 Å². The van der Waals surface area contributed by atoms with Gasteiger partial charge in [-0.2, -0.15) is 11.8 Å². The fourth-order valence-corrected chi connectivity index (χ4v) is 4.07. The first-order valence-corrected chi connectivity index (χ1v) is 8.95. The van der Waals surface area contributed by atoms with Crippen LogP contribution in [0.5, 0.6) is 0 Å². The lowest BCUT2D eigenvalue weighted by Gasteiger charge is -2.30. The molecular weight excluding hydrogens is 278 g/mol. The van der Waals surface area contributed by atoms with Gasteiger partial charge in [-0.15, -0.1) is 0 Å². The Kier molecular flexibility index (Phi) is 4.16. The van der Waals surface area contributed by atoms with Gasteiger partial charge in [-0.3, -0.25) is 0 Å². The molecule has 0 radical (unpaired) electrons. The van der Waals surface area contributed by atoms with Gasteiger partial charge in [0.25, 0.3) is 0 Å². The van der Waals surface area contributed by atoms with Crippen molar-refractivity contribution in [2.75, 3.05) is 43.1 Å². The highest BCUT2D eigenvalue weighted by Gasteiger charge is 2.34. The van der Waals surface area contributed by atoms with Crippen LogP contribution in [0.1, 0.15) is 20.3 Å². The molecule has 2 aliphatic heterocycles. The lowest BCUT2D eigenvalue weighted by molar-refractivity contribution is 0.511. The Labute approximate surface area is 132 Å². The van der Waals surface area contributed by atoms with Gasteiger partial charge < -0.3 is 9.80 Å². The standard InChI is InChI=1S/C17H25N3S/c1-17(2)8-9-19(3)16(17)18-14-6-4-5-7-15(14)20-10-12-21-13-11-20/h4-7H,8-13H2,1-3H3/b18-16+. The lowest BCUT2D eigenvalue weighted by atomic mass is 9.91. The van der Waals surface area contributed by atoms with Gasteiger partial charge in [0.2, 0.25) is 0 Å². The van der Waals surface area contributed by atoms with E-state index in [0.717, 1.165) is 25.3 Å². The summed E-state index contributed by atoms with van der Waals surface area (Å²) in [6.45, 7) is 7.97. The summed E-state index contributed by atoms with van der Waals surface area (Å²) in [6.07, 6.45) is 1.19. The number of nitrogens with zero attached hydrogens (tertiary/aromatic N) is 3. The minimum atomic E-state index is 0.180. The molecular formula is C17H25N3S. The summed E-state index contributed by atoms with van der Waals surface area (Å²) < 4.78 is 0. The van der Waals surface area contributed by atoms with E-state index in [4.69, 9.17) is 4.99 Å². The number of thioether (sulfide) groups is 1. The minimum Gasteiger partial charge on any atom is -0.368 e. The SMILES string of the molecule is CN1CCC(C)(C)/C1=N\c1ccccc1N1CCSCC1. The number of likely N-dealkylation sites (tertiary alicyclic amines) is 1. The fourth-order valence-electron chi connectivity index (χ4n) is 3.16. The summed E-state index contributed by atoms with van der Waals surface area (Å²) in [5, 5.41) is 0. The molecule has 21 heavy (non-hydrogen) atoms. The molecule has 0 amide bonds. The van der Waals surface area contributed by atoms with Crippen LogP contribution in [0.3, 0.4) is 0 Å². The van der Waals surface area contributed by atoms with Crippen molar-refractivity contribution in [3.05, 3.63) is 24.3 Å². The smallest absolute Gasteiger partial charge is 0.110 e. The molecule has 0 bridgehead atoms. The summed E-state index contributed by atoms with van der Waals surface area (Å²) in [6, 6.07) is 8.61. The molecule has 0 saturated carbocycles. The summed E-state index contributed by atoms with van der Waals surface area (Å²) in [5.74, 6) is 3.66. The molecule has 0 atom stereocenters. The third kappa shape index (κ3) is 3.05. The normalized spacial score (nSPS) is 23.9. The molecule has 2 fully saturated rings. The maximum atomic E-state index is 5.06. The fraction of sp³-hybridized carbons (Fsp3) is 0.588. The molecule has 0 aliphatic carbocycles. The maximum absolute atomic E-state index is 5.06. The number of rotatable bonds is 2. The van der Waals surface area contributed by atoms with Gasteiger partial charge in [-0.05, 0) is 18.6 Å². The van der Waals surface area contributed by atoms with Crippen molar-refractivity contribution >= 4 is 29.0 Å². The van der Waals surface area contributed by atoms with Crippen LogP contribution in [-0.4, -0.2) is 48.9 Å². The number of anilines is 1. The first-order chi connectivity index (χ1) is 10.1. The molecule has 114 valence electrons. The van der Waals surface area contributed by atoms with E-state index in [-0.39, 0.29) is 5.41 Å². The monoisotopic (exact) mass is 303 g/mol. The number of hydrogen-bond acceptors (Lipinski definition) is 3. The van der Waals surface area contributed by atoms with E-state index in [2.05, 4.69) is 55.0 Å². The zero-order valence-electron chi connectivity index (χ0n) is 13.3. The van der Waals surface area contributed by atoms with E-state index in [1.165, 1.54) is 29.4 Å². The van der Waals surface area contributed by atoms with E-state index < -0.39 is 0 Å². The van der Waals surface area contributed by atoms with Crippen molar-refractivity contribution in [3.8, 4) is 0 Å². The van der Waals surface area contributed by atoms with Crippen LogP contribution in [0.2, 0.25) is 0 Å². The highest BCUT2D eigenvalue weighted by molar-refractivity contribution is 7.99. The summed E-state index contributed by atoms with van der Waals surface area (Å²) >= 11 is 2.05. The largest absolute Gasteiger partial charge is 0.368 e. The van der Waals surface area contributed by atoms with Crippen LogP contribution in [0.25, 0.3) is 0 Å². The second-order valence-corrected chi connectivity index (χ2v) is 7.80. The second kappa shape index (κ2) is 5.91. The number of benzene rings is 1. The van der Waals surface area contributed by atoms with E-state index >= 15 is 0 Å². The zero-order chi connectivity index (χ0) is 14.9. The Balaban J connectivity index is 1.95. The van der Waals surface area contributed by atoms with Crippen molar-refractivity contribution in [3.63, 3.8) is 0 Å². The van der Waals surface area contributed by atoms with Crippen molar-refractivity contribution in [2.45, 2.75) is 20.3 Å². The topological polar surface area (TPSA) is 18.8 Å². The van der Waals surface area contributed by atoms with Crippen LogP contribution >= 0.6 is 11.8 Å². The van der Waals surface area contributed by atoms with Gasteiger partial charge in [-0.1, -0.05) is 26.0 Å². The average Bonchev–Trinajstić information content (AvgIpc) is 2.76. The van der Waals surface area contributed by atoms with Crippen LogP contribution in [0.4, 0.5) is 11.4 Å². The first-order valence-electron chi connectivity index (χ1n) is 7.80. The molecule has 1 aromatic rings. The van der Waals surface area contributed by atoms with Crippen LogP contribution in [0.15, 0.2) is 29.3 Å². The van der Waals surface area contributed by atoms with Crippen molar-refractivity contribution < 1.29 is 0 Å². The van der Waals surface area contributed by atoms with Gasteiger partial charge in [0.15, 0.2) is 0 Å². The van der Waals surface area contributed by atoms with Crippen molar-refractivity contribution in [1.82, 2.24) is 4.90 Å². The number of hydrogen-bond donors (Lipinski definition) is 0. The molecule has 3 rings (SSSR count). The molecule has 0 N–H and O–H groups in total. The molecule has 3 nitrogen and oxygen atoms in total. The lowest BCUT2D eigenvalue weighted by Crippen LogP contribution is -2.32. The van der Waals surface area contributed by atoms with Crippen molar-refractivity contribution in [1.29, 1.82) is 0 Å². The highest BCUT2D eigenvalue weighted by atomic mass is 32.2. The quantitative estimate of drug-likeness (QED) is 0.831. The summed E-state index contributed by atoms with van der Waals surface area (Å²) in [5.41, 5.74) is 2.60. The Morgan fingerprint density at radius 1 is 1.10 bits per heavy atom. The van der Waals surface area contributed by atoms with Gasteiger partial charge in [0.1, 0.15) is 5.84 Å². The van der Waals surface area contributed by atoms with Gasteiger partial charge in [0.05, 0.1) is 11.4 Å². The maximum Gasteiger partial charge on any atom is 0.110 e. The third-order valence-electron chi connectivity index (χ3n) is 4.50. The minimum absolute atomic E-state index is 0.180. The third-order valence-corrected chi connectivity index (χ3v) is 5.44. The number of amidine groups is 1. The van der Waals surface area contributed by atoms with Gasteiger partial charge in [-0.25, -0.2) is 4.99 Å². The first kappa shape index (κ1) is 14.8. The van der Waals surface area contributed by atoms with E-state index in [1.54, 1.807) is 0 Å². The highest BCUT2D eigenvalue weighted by Crippen LogP contribution is 2.36. The van der Waals surface area contributed by atoms with Crippen LogP contribution in [0, 0.1) is 5.41 Å². The van der Waals surface area contributed by atoms with E-state index in [9.17, 15) is 0 Å². The van der Waals surface area contributed by atoms with Crippen LogP contribution in [-0.2, 0) is 0 Å². The predicted octanol–water partition coefficient (Wildman–Crippen LogP) is 3.63. The molecule has 2 heterocycles.